The molecule has 2 rings (SSSR count). The highest BCUT2D eigenvalue weighted by molar-refractivity contribution is 9.10. The first-order valence-corrected chi connectivity index (χ1v) is 11.7. The van der Waals surface area contributed by atoms with Gasteiger partial charge in [0.1, 0.15) is 11.8 Å². The minimum Gasteiger partial charge on any atom is -0.482 e. The van der Waals surface area contributed by atoms with Crippen LogP contribution in [0.4, 0.5) is 0 Å². The number of hydrogen-bond acceptors (Lipinski definition) is 3. The second kappa shape index (κ2) is 12.3. The maximum absolute atomic E-state index is 13.0. The molecule has 5 nitrogen and oxygen atoms in total. The van der Waals surface area contributed by atoms with E-state index < -0.39 is 6.04 Å². The summed E-state index contributed by atoms with van der Waals surface area (Å²) in [5, 5.41) is 3.30. The molecule has 0 heterocycles. The van der Waals surface area contributed by atoms with Crippen LogP contribution < -0.4 is 10.1 Å². The average Bonchev–Trinajstić information content (AvgIpc) is 2.71. The first kappa shape index (κ1) is 24.7. The maximum atomic E-state index is 13.0. The summed E-state index contributed by atoms with van der Waals surface area (Å²) in [4.78, 5) is 27.1. The van der Waals surface area contributed by atoms with Gasteiger partial charge in [-0.25, -0.2) is 0 Å². The Labute approximate surface area is 199 Å². The normalized spacial score (nSPS) is 11.6. The number of hydrogen-bond donors (Lipinski definition) is 1. The van der Waals surface area contributed by atoms with E-state index >= 15 is 0 Å². The van der Waals surface area contributed by atoms with Gasteiger partial charge >= 0.3 is 0 Å². The van der Waals surface area contributed by atoms with E-state index in [9.17, 15) is 9.59 Å². The van der Waals surface area contributed by atoms with Gasteiger partial charge in [0, 0.05) is 22.0 Å². The topological polar surface area (TPSA) is 58.6 Å². The fraction of sp³-hybridized carbons (Fsp3) is 0.364. The van der Waals surface area contributed by atoms with E-state index in [2.05, 4.69) is 44.1 Å². The van der Waals surface area contributed by atoms with Crippen LogP contribution >= 0.6 is 43.5 Å². The fourth-order valence-electron chi connectivity index (χ4n) is 2.77. The third-order valence-electron chi connectivity index (χ3n) is 4.48. The van der Waals surface area contributed by atoms with Crippen molar-refractivity contribution in [3.05, 3.63) is 62.0 Å². The molecule has 0 aliphatic carbocycles. The van der Waals surface area contributed by atoms with Gasteiger partial charge in [0.2, 0.25) is 5.91 Å². The van der Waals surface area contributed by atoms with Crippen molar-refractivity contribution in [1.82, 2.24) is 10.2 Å². The summed E-state index contributed by atoms with van der Waals surface area (Å²) in [5.41, 5.74) is 0.910. The second-order valence-electron chi connectivity index (χ2n) is 6.84. The van der Waals surface area contributed by atoms with Crippen molar-refractivity contribution in [3.8, 4) is 5.75 Å². The number of ether oxygens (including phenoxy) is 1. The summed E-state index contributed by atoms with van der Waals surface area (Å²) in [6.07, 6.45) is 1.88. The summed E-state index contributed by atoms with van der Waals surface area (Å²) in [6, 6.07) is 12.2. The van der Waals surface area contributed by atoms with Crippen molar-refractivity contribution in [1.29, 1.82) is 0 Å². The molecule has 0 spiro atoms. The summed E-state index contributed by atoms with van der Waals surface area (Å²) >= 11 is 13.0. The maximum Gasteiger partial charge on any atom is 0.261 e. The standard InChI is InChI=1S/C22H25Br2ClN2O3/c1-3-4-10-26-22(29)15(2)27(13-16-6-5-7-17(23)11-16)21(28)14-30-20-9-8-18(24)12-19(20)25/h5-9,11-12,15H,3-4,10,13-14H2,1-2H3,(H,26,29). The van der Waals surface area contributed by atoms with Crippen LogP contribution in [0.2, 0.25) is 5.02 Å². The van der Waals surface area contributed by atoms with Gasteiger partial charge < -0.3 is 15.0 Å². The van der Waals surface area contributed by atoms with Crippen LogP contribution in [0.15, 0.2) is 51.4 Å². The summed E-state index contributed by atoms with van der Waals surface area (Å²) < 4.78 is 7.37. The first-order valence-electron chi connectivity index (χ1n) is 9.71. The number of nitrogens with one attached hydrogen (secondary N) is 1. The Morgan fingerprint density at radius 1 is 1.17 bits per heavy atom. The molecule has 162 valence electrons. The van der Waals surface area contributed by atoms with E-state index in [-0.39, 0.29) is 25.0 Å². The molecule has 0 aromatic heterocycles. The first-order chi connectivity index (χ1) is 14.3. The van der Waals surface area contributed by atoms with Crippen LogP contribution in [-0.4, -0.2) is 35.9 Å². The number of benzene rings is 2. The lowest BCUT2D eigenvalue weighted by Gasteiger charge is -2.29. The van der Waals surface area contributed by atoms with Crippen LogP contribution in [0.5, 0.6) is 5.75 Å². The van der Waals surface area contributed by atoms with Gasteiger partial charge in [0.15, 0.2) is 6.61 Å². The molecule has 1 unspecified atom stereocenters. The smallest absolute Gasteiger partial charge is 0.261 e. The van der Waals surface area contributed by atoms with Crippen molar-refractivity contribution in [2.24, 2.45) is 0 Å². The van der Waals surface area contributed by atoms with Gasteiger partial charge in [-0.3, -0.25) is 9.59 Å². The minimum absolute atomic E-state index is 0.187. The Hall–Kier alpha value is -1.57. The van der Waals surface area contributed by atoms with Gasteiger partial charge in [-0.05, 0) is 49.2 Å². The molecule has 0 radical (unpaired) electrons. The largest absolute Gasteiger partial charge is 0.482 e. The predicted octanol–water partition coefficient (Wildman–Crippen LogP) is 5.58. The zero-order valence-corrected chi connectivity index (χ0v) is 20.9. The number of nitrogens with zero attached hydrogens (tertiary/aromatic N) is 1. The van der Waals surface area contributed by atoms with Gasteiger partial charge in [0.05, 0.1) is 5.02 Å². The third kappa shape index (κ3) is 7.60. The molecule has 0 saturated carbocycles. The third-order valence-corrected chi connectivity index (χ3v) is 5.77. The SMILES string of the molecule is CCCCNC(=O)C(C)N(Cc1cccc(Br)c1)C(=O)COc1ccc(Br)cc1Cl. The van der Waals surface area contributed by atoms with E-state index in [4.69, 9.17) is 16.3 Å². The lowest BCUT2D eigenvalue weighted by Crippen LogP contribution is -2.49. The molecule has 1 atom stereocenters. The number of amides is 2. The molecule has 1 N–H and O–H groups in total. The molecular formula is C22H25Br2ClN2O3. The molecule has 0 fully saturated rings. The zero-order valence-electron chi connectivity index (χ0n) is 17.0. The quantitative estimate of drug-likeness (QED) is 0.386. The van der Waals surface area contributed by atoms with Crippen molar-refractivity contribution < 1.29 is 14.3 Å². The number of carbonyl (C=O) groups is 2. The Balaban J connectivity index is 2.13. The van der Waals surface area contributed by atoms with Gasteiger partial charge in [-0.15, -0.1) is 0 Å². The average molecular weight is 561 g/mol. The Morgan fingerprint density at radius 2 is 1.90 bits per heavy atom. The summed E-state index contributed by atoms with van der Waals surface area (Å²) in [7, 11) is 0. The van der Waals surface area contributed by atoms with Crippen LogP contribution in [0.3, 0.4) is 0 Å². The number of unbranched alkanes of at least 4 members (excludes halogenated alkanes) is 1. The van der Waals surface area contributed by atoms with E-state index in [1.165, 1.54) is 4.90 Å². The van der Waals surface area contributed by atoms with E-state index in [1.54, 1.807) is 25.1 Å². The molecule has 0 saturated heterocycles. The van der Waals surface area contributed by atoms with Gasteiger partial charge in [-0.2, -0.15) is 0 Å². The second-order valence-corrected chi connectivity index (χ2v) is 9.07. The van der Waals surface area contributed by atoms with E-state index in [0.717, 1.165) is 27.4 Å². The lowest BCUT2D eigenvalue weighted by atomic mass is 10.1. The highest BCUT2D eigenvalue weighted by atomic mass is 79.9. The fourth-order valence-corrected chi connectivity index (χ4v) is 3.94. The number of carbonyl (C=O) groups excluding carboxylic acids is 2. The Bertz CT molecular complexity index is 879. The molecule has 8 heteroatoms. The molecule has 0 bridgehead atoms. The molecular weight excluding hydrogens is 536 g/mol. The molecule has 2 aromatic rings. The lowest BCUT2D eigenvalue weighted by molar-refractivity contribution is -0.142. The van der Waals surface area contributed by atoms with Crippen molar-refractivity contribution in [2.75, 3.05) is 13.2 Å². The van der Waals surface area contributed by atoms with Gasteiger partial charge in [-0.1, -0.05) is 68.9 Å². The van der Waals surface area contributed by atoms with E-state index in [1.807, 2.05) is 24.3 Å². The van der Waals surface area contributed by atoms with Crippen molar-refractivity contribution in [2.45, 2.75) is 39.3 Å². The molecule has 2 aromatic carbocycles. The van der Waals surface area contributed by atoms with Crippen LogP contribution in [0.25, 0.3) is 0 Å². The molecule has 2 amide bonds. The number of rotatable bonds is 10. The summed E-state index contributed by atoms with van der Waals surface area (Å²) in [5.74, 6) is -0.0729. The highest BCUT2D eigenvalue weighted by Crippen LogP contribution is 2.27. The van der Waals surface area contributed by atoms with E-state index in [0.29, 0.717) is 17.3 Å². The molecule has 30 heavy (non-hydrogen) atoms. The molecule has 0 aliphatic rings. The van der Waals surface area contributed by atoms with Crippen LogP contribution in [0, 0.1) is 0 Å². The Kier molecular flexibility index (Phi) is 10.1. The van der Waals surface area contributed by atoms with Crippen molar-refractivity contribution >= 4 is 55.3 Å². The molecule has 0 aliphatic heterocycles. The highest BCUT2D eigenvalue weighted by Gasteiger charge is 2.26. The monoisotopic (exact) mass is 558 g/mol. The summed E-state index contributed by atoms with van der Waals surface area (Å²) in [6.45, 7) is 4.44. The zero-order chi connectivity index (χ0) is 22.1. The Morgan fingerprint density at radius 3 is 2.57 bits per heavy atom. The van der Waals surface area contributed by atoms with Crippen LogP contribution in [0.1, 0.15) is 32.3 Å². The van der Waals surface area contributed by atoms with Crippen LogP contribution in [-0.2, 0) is 16.1 Å². The minimum atomic E-state index is -0.641. The van der Waals surface area contributed by atoms with Crippen molar-refractivity contribution in [3.63, 3.8) is 0 Å². The predicted molar refractivity (Wildman–Crippen MR) is 127 cm³/mol. The van der Waals surface area contributed by atoms with Gasteiger partial charge in [0.25, 0.3) is 5.91 Å². The number of halogens is 3.